The van der Waals surface area contributed by atoms with Gasteiger partial charge in [-0.05, 0) is 67.1 Å². The van der Waals surface area contributed by atoms with Crippen LogP contribution in [0.1, 0.15) is 33.3 Å². The lowest BCUT2D eigenvalue weighted by Crippen LogP contribution is -2.19. The highest BCUT2D eigenvalue weighted by atomic mass is 79.9. The van der Waals surface area contributed by atoms with Gasteiger partial charge in [0.25, 0.3) is 5.91 Å². The first-order valence-electron chi connectivity index (χ1n) is 12.5. The molecule has 0 saturated heterocycles. The molecule has 0 aliphatic carbocycles. The molecule has 1 aromatic heterocycles. The van der Waals surface area contributed by atoms with Gasteiger partial charge >= 0.3 is 5.97 Å². The van der Waals surface area contributed by atoms with Gasteiger partial charge in [-0.3, -0.25) is 4.79 Å². The van der Waals surface area contributed by atoms with E-state index in [4.69, 9.17) is 21.1 Å². The van der Waals surface area contributed by atoms with E-state index in [1.165, 1.54) is 12.3 Å². The van der Waals surface area contributed by atoms with Crippen molar-refractivity contribution in [3.05, 3.63) is 117 Å². The number of aromatic amines is 1. The first kappa shape index (κ1) is 28.1. The van der Waals surface area contributed by atoms with E-state index in [0.29, 0.717) is 45.0 Å². The predicted molar refractivity (Wildman–Crippen MR) is 160 cm³/mol. The third-order valence-electron chi connectivity index (χ3n) is 6.08. The van der Waals surface area contributed by atoms with Crippen LogP contribution in [-0.4, -0.2) is 29.7 Å². The van der Waals surface area contributed by atoms with Crippen LogP contribution in [0, 0.1) is 5.82 Å². The number of esters is 1. The number of amides is 1. The van der Waals surface area contributed by atoms with Crippen LogP contribution in [-0.2, 0) is 0 Å². The second-order valence-electron chi connectivity index (χ2n) is 8.75. The number of carbonyl (C=O) groups is 2. The fraction of sp³-hybridized carbons (Fsp3) is 0.0645. The van der Waals surface area contributed by atoms with Gasteiger partial charge in [-0.2, -0.15) is 5.10 Å². The van der Waals surface area contributed by atoms with Crippen molar-refractivity contribution in [2.24, 2.45) is 5.10 Å². The van der Waals surface area contributed by atoms with Crippen molar-refractivity contribution in [1.29, 1.82) is 0 Å². The number of hydrogen-bond acceptors (Lipinski definition) is 5. The Morgan fingerprint density at radius 3 is 2.56 bits per heavy atom. The number of hydrogen-bond donors (Lipinski definition) is 2. The number of halogens is 3. The van der Waals surface area contributed by atoms with Gasteiger partial charge in [0.2, 0.25) is 0 Å². The minimum absolute atomic E-state index is 0.112. The van der Waals surface area contributed by atoms with E-state index in [2.05, 4.69) is 31.4 Å². The molecule has 7 nitrogen and oxygen atoms in total. The molecule has 5 rings (SSSR count). The quantitative estimate of drug-likeness (QED) is 0.0789. The Morgan fingerprint density at radius 2 is 1.80 bits per heavy atom. The fourth-order valence-corrected chi connectivity index (χ4v) is 4.71. The molecule has 0 bridgehead atoms. The SMILES string of the molecule is CCOc1cc(C=NNC(=O)c2[nH]c3c(F)cccc3c2-c2ccccc2Cl)ccc1OC(=O)c1ccc(Br)cc1. The summed E-state index contributed by atoms with van der Waals surface area (Å²) in [6.45, 7) is 2.14. The van der Waals surface area contributed by atoms with E-state index in [1.807, 2.05) is 0 Å². The van der Waals surface area contributed by atoms with Crippen LogP contribution in [0.15, 0.2) is 94.5 Å². The number of para-hydroxylation sites is 1. The Labute approximate surface area is 248 Å². The molecule has 0 atom stereocenters. The molecule has 206 valence electrons. The Bertz CT molecular complexity index is 1790. The molecule has 0 spiro atoms. The standard InChI is InChI=1S/C31H22BrClFN3O4/c1-2-40-26-16-18(10-15-25(26)41-31(39)19-11-13-20(32)14-12-19)17-35-37-30(38)29-27(21-6-3-4-8-23(21)33)22-7-5-9-24(34)28(22)36-29/h3-17,36H,2H2,1H3,(H,37,38). The maximum absolute atomic E-state index is 14.6. The van der Waals surface area contributed by atoms with Crippen LogP contribution in [0.25, 0.3) is 22.0 Å². The number of benzene rings is 4. The zero-order valence-corrected chi connectivity index (χ0v) is 23.9. The summed E-state index contributed by atoms with van der Waals surface area (Å²) in [4.78, 5) is 28.7. The lowest BCUT2D eigenvalue weighted by atomic mass is 10.0. The van der Waals surface area contributed by atoms with Gasteiger partial charge in [0.05, 0.1) is 23.9 Å². The number of aromatic nitrogens is 1. The summed E-state index contributed by atoms with van der Waals surface area (Å²) in [7, 11) is 0. The highest BCUT2D eigenvalue weighted by Gasteiger charge is 2.22. The van der Waals surface area contributed by atoms with E-state index < -0.39 is 17.7 Å². The largest absolute Gasteiger partial charge is 0.490 e. The molecular formula is C31H22BrClFN3O4. The molecule has 0 unspecified atom stereocenters. The van der Waals surface area contributed by atoms with Crippen molar-refractivity contribution >= 4 is 56.5 Å². The van der Waals surface area contributed by atoms with E-state index in [9.17, 15) is 14.0 Å². The number of ether oxygens (including phenoxy) is 2. The molecule has 1 amide bonds. The number of carbonyl (C=O) groups excluding carboxylic acids is 2. The van der Waals surface area contributed by atoms with Crippen molar-refractivity contribution < 1.29 is 23.5 Å². The summed E-state index contributed by atoms with van der Waals surface area (Å²) < 4.78 is 26.6. The van der Waals surface area contributed by atoms with Crippen LogP contribution in [0.4, 0.5) is 4.39 Å². The van der Waals surface area contributed by atoms with Gasteiger partial charge in [-0.25, -0.2) is 14.6 Å². The molecule has 0 fully saturated rings. The van der Waals surface area contributed by atoms with Gasteiger partial charge in [-0.15, -0.1) is 0 Å². The average Bonchev–Trinajstić information content (AvgIpc) is 3.36. The van der Waals surface area contributed by atoms with Gasteiger partial charge in [0, 0.05) is 26.0 Å². The van der Waals surface area contributed by atoms with Crippen LogP contribution < -0.4 is 14.9 Å². The van der Waals surface area contributed by atoms with Crippen LogP contribution in [0.5, 0.6) is 11.5 Å². The third kappa shape index (κ3) is 6.16. The van der Waals surface area contributed by atoms with Crippen LogP contribution >= 0.6 is 27.5 Å². The summed E-state index contributed by atoms with van der Waals surface area (Å²) in [5.41, 5.74) is 4.79. The smallest absolute Gasteiger partial charge is 0.343 e. The first-order valence-corrected chi connectivity index (χ1v) is 13.7. The summed E-state index contributed by atoms with van der Waals surface area (Å²) in [6.07, 6.45) is 1.42. The van der Waals surface area contributed by atoms with Crippen LogP contribution in [0.3, 0.4) is 0 Å². The average molecular weight is 635 g/mol. The van der Waals surface area contributed by atoms with Crippen molar-refractivity contribution in [2.75, 3.05) is 6.61 Å². The molecule has 10 heteroatoms. The molecule has 0 saturated carbocycles. The number of fused-ring (bicyclic) bond motifs is 1. The highest BCUT2D eigenvalue weighted by molar-refractivity contribution is 9.10. The van der Waals surface area contributed by atoms with Gasteiger partial charge in [-0.1, -0.05) is 57.9 Å². The van der Waals surface area contributed by atoms with Crippen LogP contribution in [0.2, 0.25) is 5.02 Å². The second-order valence-corrected chi connectivity index (χ2v) is 10.1. The molecule has 4 aromatic carbocycles. The van der Waals surface area contributed by atoms with Crippen molar-refractivity contribution in [3.8, 4) is 22.6 Å². The molecule has 0 radical (unpaired) electrons. The molecule has 1 heterocycles. The molecule has 5 aromatic rings. The Morgan fingerprint density at radius 1 is 1.02 bits per heavy atom. The van der Waals surface area contributed by atoms with E-state index in [-0.39, 0.29) is 17.0 Å². The lowest BCUT2D eigenvalue weighted by Gasteiger charge is -2.11. The number of rotatable bonds is 8. The molecule has 0 aliphatic heterocycles. The van der Waals surface area contributed by atoms with E-state index in [1.54, 1.807) is 85.8 Å². The Balaban J connectivity index is 1.38. The van der Waals surface area contributed by atoms with E-state index >= 15 is 0 Å². The van der Waals surface area contributed by atoms with Crippen molar-refractivity contribution in [2.45, 2.75) is 6.92 Å². The first-order chi connectivity index (χ1) is 19.9. The van der Waals surface area contributed by atoms with Gasteiger partial charge < -0.3 is 14.5 Å². The topological polar surface area (TPSA) is 92.8 Å². The van der Waals surface area contributed by atoms with E-state index in [0.717, 1.165) is 4.47 Å². The minimum atomic E-state index is -0.586. The summed E-state index contributed by atoms with van der Waals surface area (Å²) in [5.74, 6) is -1.04. The normalized spacial score (nSPS) is 11.1. The fourth-order valence-electron chi connectivity index (χ4n) is 4.22. The molecule has 0 aliphatic rings. The summed E-state index contributed by atoms with van der Waals surface area (Å²) in [5, 5.41) is 5.01. The minimum Gasteiger partial charge on any atom is -0.490 e. The third-order valence-corrected chi connectivity index (χ3v) is 6.94. The van der Waals surface area contributed by atoms with Crippen molar-refractivity contribution in [1.82, 2.24) is 10.4 Å². The highest BCUT2D eigenvalue weighted by Crippen LogP contribution is 2.37. The maximum atomic E-state index is 14.6. The number of hydrazone groups is 1. The summed E-state index contributed by atoms with van der Waals surface area (Å²) >= 11 is 9.77. The zero-order valence-electron chi connectivity index (χ0n) is 21.6. The maximum Gasteiger partial charge on any atom is 0.343 e. The summed E-state index contributed by atoms with van der Waals surface area (Å²) in [6, 6.07) is 23.3. The monoisotopic (exact) mass is 633 g/mol. The van der Waals surface area contributed by atoms with Crippen molar-refractivity contribution in [3.63, 3.8) is 0 Å². The number of nitrogens with one attached hydrogen (secondary N) is 2. The zero-order chi connectivity index (χ0) is 28.9. The second kappa shape index (κ2) is 12.4. The number of H-pyrrole nitrogens is 1. The Kier molecular flexibility index (Phi) is 8.47. The molecule has 41 heavy (non-hydrogen) atoms. The molecular weight excluding hydrogens is 613 g/mol. The Hall–Kier alpha value is -4.47. The van der Waals surface area contributed by atoms with Gasteiger partial charge in [0.15, 0.2) is 11.5 Å². The lowest BCUT2D eigenvalue weighted by molar-refractivity contribution is 0.0728. The molecule has 2 N–H and O–H groups in total. The predicted octanol–water partition coefficient (Wildman–Crippen LogP) is 7.77. The van der Waals surface area contributed by atoms with Gasteiger partial charge in [0.1, 0.15) is 11.5 Å². The number of nitrogens with zero attached hydrogens (tertiary/aromatic N) is 1.